The molecular formula is C12H14BrFN2O4. The molecule has 1 aromatic rings. The number of amides is 2. The SMILES string of the molecule is COCC(NC(=O)Nc1cc(F)c(Br)cc1C)C(=O)O. The first-order valence-electron chi connectivity index (χ1n) is 5.60. The van der Waals surface area contributed by atoms with Crippen LogP contribution in [0.5, 0.6) is 0 Å². The van der Waals surface area contributed by atoms with E-state index in [9.17, 15) is 14.0 Å². The smallest absolute Gasteiger partial charge is 0.328 e. The Morgan fingerprint density at radius 3 is 2.70 bits per heavy atom. The molecule has 8 heteroatoms. The van der Waals surface area contributed by atoms with E-state index in [1.54, 1.807) is 6.92 Å². The maximum absolute atomic E-state index is 13.4. The zero-order chi connectivity index (χ0) is 15.3. The lowest BCUT2D eigenvalue weighted by molar-refractivity contribution is -0.140. The molecule has 0 spiro atoms. The Bertz CT molecular complexity index is 524. The van der Waals surface area contributed by atoms with Gasteiger partial charge in [-0.15, -0.1) is 0 Å². The number of aryl methyl sites for hydroxylation is 1. The lowest BCUT2D eigenvalue weighted by atomic mass is 10.2. The largest absolute Gasteiger partial charge is 0.480 e. The molecule has 1 rings (SSSR count). The van der Waals surface area contributed by atoms with E-state index in [0.29, 0.717) is 5.56 Å². The Hall–Kier alpha value is -1.67. The van der Waals surface area contributed by atoms with Gasteiger partial charge in [0.15, 0.2) is 6.04 Å². The first-order chi connectivity index (χ1) is 9.35. The number of halogens is 2. The third kappa shape index (κ3) is 4.46. The number of urea groups is 1. The molecule has 0 aliphatic rings. The highest BCUT2D eigenvalue weighted by Gasteiger charge is 2.20. The molecule has 0 bridgehead atoms. The number of rotatable bonds is 5. The quantitative estimate of drug-likeness (QED) is 0.760. The van der Waals surface area contributed by atoms with Crippen molar-refractivity contribution < 1.29 is 23.8 Å². The molecule has 0 radical (unpaired) electrons. The summed E-state index contributed by atoms with van der Waals surface area (Å²) in [6.07, 6.45) is 0. The monoisotopic (exact) mass is 348 g/mol. The molecule has 6 nitrogen and oxygen atoms in total. The zero-order valence-electron chi connectivity index (χ0n) is 10.9. The van der Waals surface area contributed by atoms with Gasteiger partial charge in [-0.3, -0.25) is 0 Å². The summed E-state index contributed by atoms with van der Waals surface area (Å²) < 4.78 is 18.4. The summed E-state index contributed by atoms with van der Waals surface area (Å²) in [5.41, 5.74) is 0.886. The number of hydrogen-bond donors (Lipinski definition) is 3. The average Bonchev–Trinajstić information content (AvgIpc) is 2.35. The van der Waals surface area contributed by atoms with Crippen LogP contribution in [0.2, 0.25) is 0 Å². The molecule has 0 aromatic heterocycles. The fourth-order valence-corrected chi connectivity index (χ4v) is 1.90. The first kappa shape index (κ1) is 16.4. The summed E-state index contributed by atoms with van der Waals surface area (Å²) in [7, 11) is 1.32. The molecule has 0 heterocycles. The fourth-order valence-electron chi connectivity index (χ4n) is 1.44. The second kappa shape index (κ2) is 7.20. The molecule has 0 aliphatic heterocycles. The molecule has 110 valence electrons. The topological polar surface area (TPSA) is 87.7 Å². The van der Waals surface area contributed by atoms with Crippen molar-refractivity contribution in [3.8, 4) is 0 Å². The number of ether oxygens (including phenoxy) is 1. The summed E-state index contributed by atoms with van der Waals surface area (Å²) in [4.78, 5) is 22.5. The van der Waals surface area contributed by atoms with Crippen molar-refractivity contribution in [1.29, 1.82) is 0 Å². The number of methoxy groups -OCH3 is 1. The van der Waals surface area contributed by atoms with Crippen molar-refractivity contribution in [1.82, 2.24) is 5.32 Å². The molecule has 0 saturated heterocycles. The van der Waals surface area contributed by atoms with Crippen LogP contribution >= 0.6 is 15.9 Å². The second-order valence-corrected chi connectivity index (χ2v) is 4.88. The predicted molar refractivity (Wildman–Crippen MR) is 74.3 cm³/mol. The molecule has 2 amide bonds. The van der Waals surface area contributed by atoms with E-state index in [1.807, 2.05) is 0 Å². The van der Waals surface area contributed by atoms with Gasteiger partial charge in [0.2, 0.25) is 0 Å². The minimum atomic E-state index is -1.22. The lowest BCUT2D eigenvalue weighted by Gasteiger charge is -2.15. The van der Waals surface area contributed by atoms with Gasteiger partial charge in [-0.05, 0) is 40.5 Å². The standard InChI is InChI=1S/C12H14BrFN2O4/c1-6-3-7(13)8(14)4-9(6)15-12(19)16-10(5-20-2)11(17)18/h3-4,10H,5H2,1-2H3,(H,17,18)(H2,15,16,19). The minimum absolute atomic E-state index is 0.170. The van der Waals surface area contributed by atoms with Crippen LogP contribution in [0.4, 0.5) is 14.9 Å². The molecule has 3 N–H and O–H groups in total. The van der Waals surface area contributed by atoms with Gasteiger partial charge in [0, 0.05) is 12.8 Å². The van der Waals surface area contributed by atoms with Gasteiger partial charge in [0.25, 0.3) is 0 Å². The van der Waals surface area contributed by atoms with Crippen LogP contribution in [0.1, 0.15) is 5.56 Å². The van der Waals surface area contributed by atoms with Gasteiger partial charge in [0.1, 0.15) is 5.82 Å². The van der Waals surface area contributed by atoms with E-state index in [-0.39, 0.29) is 16.8 Å². The number of hydrogen-bond acceptors (Lipinski definition) is 3. The third-order valence-corrected chi connectivity index (χ3v) is 3.06. The lowest BCUT2D eigenvalue weighted by Crippen LogP contribution is -2.45. The Labute approximate surface area is 123 Å². The van der Waals surface area contributed by atoms with Gasteiger partial charge < -0.3 is 20.5 Å². The molecule has 1 atom stereocenters. The predicted octanol–water partition coefficient (Wildman–Crippen LogP) is 2.12. The summed E-state index contributed by atoms with van der Waals surface area (Å²) in [6.45, 7) is 1.51. The van der Waals surface area contributed by atoms with Crippen LogP contribution in [-0.2, 0) is 9.53 Å². The van der Waals surface area contributed by atoms with Crippen molar-refractivity contribution in [2.75, 3.05) is 19.0 Å². The zero-order valence-corrected chi connectivity index (χ0v) is 12.5. The highest BCUT2D eigenvalue weighted by atomic mass is 79.9. The number of carbonyl (C=O) groups excluding carboxylic acids is 1. The van der Waals surface area contributed by atoms with Gasteiger partial charge in [-0.1, -0.05) is 0 Å². The normalized spacial score (nSPS) is 11.8. The van der Waals surface area contributed by atoms with E-state index < -0.39 is 23.9 Å². The van der Waals surface area contributed by atoms with Crippen molar-refractivity contribution in [3.05, 3.63) is 28.0 Å². The van der Waals surface area contributed by atoms with Crippen LogP contribution in [0.3, 0.4) is 0 Å². The minimum Gasteiger partial charge on any atom is -0.480 e. The first-order valence-corrected chi connectivity index (χ1v) is 6.39. The number of carboxylic acids is 1. The Morgan fingerprint density at radius 2 is 2.15 bits per heavy atom. The summed E-state index contributed by atoms with van der Waals surface area (Å²) in [5.74, 6) is -1.75. The summed E-state index contributed by atoms with van der Waals surface area (Å²) in [6, 6.07) is 0.722. The maximum atomic E-state index is 13.4. The molecule has 0 fully saturated rings. The van der Waals surface area contributed by atoms with Crippen molar-refractivity contribution >= 4 is 33.6 Å². The van der Waals surface area contributed by atoms with Crippen LogP contribution in [-0.4, -0.2) is 36.9 Å². The van der Waals surface area contributed by atoms with E-state index in [2.05, 4.69) is 31.3 Å². The van der Waals surface area contributed by atoms with Crippen LogP contribution in [0.25, 0.3) is 0 Å². The average molecular weight is 349 g/mol. The number of carboxylic acid groups (broad SMARTS) is 1. The number of anilines is 1. The van der Waals surface area contributed by atoms with Gasteiger partial charge in [-0.2, -0.15) is 0 Å². The van der Waals surface area contributed by atoms with Crippen LogP contribution in [0, 0.1) is 12.7 Å². The van der Waals surface area contributed by atoms with Crippen molar-refractivity contribution in [2.24, 2.45) is 0 Å². The molecule has 0 aliphatic carbocycles. The van der Waals surface area contributed by atoms with Gasteiger partial charge >= 0.3 is 12.0 Å². The highest BCUT2D eigenvalue weighted by Crippen LogP contribution is 2.23. The number of nitrogens with one attached hydrogen (secondary N) is 2. The Morgan fingerprint density at radius 1 is 1.50 bits per heavy atom. The Balaban J connectivity index is 2.75. The van der Waals surface area contributed by atoms with E-state index in [1.165, 1.54) is 13.2 Å². The van der Waals surface area contributed by atoms with Crippen LogP contribution in [0.15, 0.2) is 16.6 Å². The molecule has 0 saturated carbocycles. The van der Waals surface area contributed by atoms with Crippen molar-refractivity contribution in [3.63, 3.8) is 0 Å². The molecule has 1 aromatic carbocycles. The van der Waals surface area contributed by atoms with E-state index >= 15 is 0 Å². The van der Waals surface area contributed by atoms with E-state index in [4.69, 9.17) is 5.11 Å². The summed E-state index contributed by atoms with van der Waals surface area (Å²) >= 11 is 3.03. The second-order valence-electron chi connectivity index (χ2n) is 4.03. The highest BCUT2D eigenvalue weighted by molar-refractivity contribution is 9.10. The summed E-state index contributed by atoms with van der Waals surface area (Å²) in [5, 5.41) is 13.5. The van der Waals surface area contributed by atoms with E-state index in [0.717, 1.165) is 6.07 Å². The van der Waals surface area contributed by atoms with Gasteiger partial charge in [-0.25, -0.2) is 14.0 Å². The van der Waals surface area contributed by atoms with Crippen LogP contribution < -0.4 is 10.6 Å². The Kier molecular flexibility index (Phi) is 5.90. The fraction of sp³-hybridized carbons (Fsp3) is 0.333. The molecule has 1 unspecified atom stereocenters. The number of aliphatic carboxylic acids is 1. The number of carbonyl (C=O) groups is 2. The maximum Gasteiger partial charge on any atom is 0.328 e. The molecule has 20 heavy (non-hydrogen) atoms. The van der Waals surface area contributed by atoms with Gasteiger partial charge in [0.05, 0.1) is 11.1 Å². The molecular weight excluding hydrogens is 335 g/mol. The third-order valence-electron chi connectivity index (χ3n) is 2.45. The number of benzene rings is 1. The van der Waals surface area contributed by atoms with Crippen molar-refractivity contribution in [2.45, 2.75) is 13.0 Å².